The largest absolute Gasteiger partial charge is 0.465 e. The Morgan fingerprint density at radius 2 is 2.07 bits per heavy atom. The van der Waals surface area contributed by atoms with Crippen LogP contribution in [0.5, 0.6) is 0 Å². The fraction of sp³-hybridized carbons (Fsp3) is 0.857. The normalized spacial score (nSPS) is 16.1. The summed E-state index contributed by atoms with van der Waals surface area (Å²) in [4.78, 5) is 10.9. The molecule has 0 heterocycles. The third-order valence-electron chi connectivity index (χ3n) is 1.58. The Morgan fingerprint density at radius 3 is 2.36 bits per heavy atom. The molecule has 84 valence electrons. The lowest BCUT2D eigenvalue weighted by molar-refractivity contribution is -0.172. The average Bonchev–Trinajstić information content (AvgIpc) is 2.03. The van der Waals surface area contributed by atoms with Crippen molar-refractivity contribution in [3.8, 4) is 0 Å². The van der Waals surface area contributed by atoms with E-state index in [1.165, 1.54) is 6.92 Å². The predicted molar refractivity (Wildman–Crippen MR) is 43.5 cm³/mol. The van der Waals surface area contributed by atoms with Gasteiger partial charge in [-0.2, -0.15) is 13.2 Å². The van der Waals surface area contributed by atoms with E-state index < -0.39 is 24.2 Å². The van der Waals surface area contributed by atoms with Gasteiger partial charge in [-0.15, -0.1) is 0 Å². The van der Waals surface area contributed by atoms with Gasteiger partial charge >= 0.3 is 12.1 Å². The second-order valence-corrected chi connectivity index (χ2v) is 2.59. The molecule has 0 fully saturated rings. The van der Waals surface area contributed by atoms with E-state index in [9.17, 15) is 18.0 Å². The summed E-state index contributed by atoms with van der Waals surface area (Å²) in [5.41, 5.74) is 5.09. The van der Waals surface area contributed by atoms with Crippen LogP contribution >= 0.6 is 0 Å². The lowest BCUT2D eigenvalue weighted by atomic mass is 10.1. The van der Waals surface area contributed by atoms with Crippen molar-refractivity contribution < 1.29 is 22.7 Å². The number of nitrogens with one attached hydrogen (secondary N) is 1. The number of carbonyl (C=O) groups excluding carboxylic acids is 1. The predicted octanol–water partition coefficient (Wildman–Crippen LogP) is 0.0271. The van der Waals surface area contributed by atoms with E-state index in [1.54, 1.807) is 0 Å². The van der Waals surface area contributed by atoms with Crippen molar-refractivity contribution in [3.63, 3.8) is 0 Å². The smallest absolute Gasteiger partial charge is 0.405 e. The minimum Gasteiger partial charge on any atom is -0.465 e. The van der Waals surface area contributed by atoms with E-state index in [-0.39, 0.29) is 6.61 Å². The standard InChI is InChI=1S/C7H13F3N2O2/c1-3-14-6(13)4(11)5(12-2)7(8,9)10/h4-5,12H,3,11H2,1-2H3. The molecule has 0 amide bonds. The van der Waals surface area contributed by atoms with Crippen LogP contribution in [0.2, 0.25) is 0 Å². The number of hydrogen-bond acceptors (Lipinski definition) is 4. The molecular formula is C7H13F3N2O2. The number of esters is 1. The summed E-state index contributed by atoms with van der Waals surface area (Å²) in [6.45, 7) is 1.49. The summed E-state index contributed by atoms with van der Waals surface area (Å²) in [6, 6.07) is -3.82. The maximum absolute atomic E-state index is 12.2. The van der Waals surface area contributed by atoms with Gasteiger partial charge in [-0.3, -0.25) is 4.79 Å². The molecule has 0 aromatic heterocycles. The van der Waals surface area contributed by atoms with Gasteiger partial charge in [0.05, 0.1) is 6.61 Å². The average molecular weight is 214 g/mol. The highest BCUT2D eigenvalue weighted by Crippen LogP contribution is 2.21. The Kier molecular flexibility index (Phi) is 4.86. The third-order valence-corrected chi connectivity index (χ3v) is 1.58. The van der Waals surface area contributed by atoms with Crippen molar-refractivity contribution in [2.75, 3.05) is 13.7 Å². The lowest BCUT2D eigenvalue weighted by Crippen LogP contribution is -2.56. The van der Waals surface area contributed by atoms with Crippen molar-refractivity contribution in [1.29, 1.82) is 0 Å². The number of nitrogens with two attached hydrogens (primary N) is 1. The number of carbonyl (C=O) groups is 1. The minimum atomic E-state index is -4.57. The maximum Gasteiger partial charge on any atom is 0.405 e. The van der Waals surface area contributed by atoms with Crippen LogP contribution < -0.4 is 11.1 Å². The Labute approximate surface area is 79.6 Å². The van der Waals surface area contributed by atoms with Gasteiger partial charge in [0.25, 0.3) is 0 Å². The SMILES string of the molecule is CCOC(=O)C(N)C(NC)C(F)(F)F. The second kappa shape index (κ2) is 5.16. The summed E-state index contributed by atoms with van der Waals surface area (Å²) in [5, 5.41) is 1.93. The summed E-state index contributed by atoms with van der Waals surface area (Å²) in [7, 11) is 1.08. The zero-order valence-electron chi connectivity index (χ0n) is 7.89. The summed E-state index contributed by atoms with van der Waals surface area (Å²) < 4.78 is 41.0. The van der Waals surface area contributed by atoms with Crippen molar-refractivity contribution >= 4 is 5.97 Å². The summed E-state index contributed by atoms with van der Waals surface area (Å²) in [5.74, 6) is -1.07. The molecule has 0 aliphatic carbocycles. The quantitative estimate of drug-likeness (QED) is 0.648. The number of likely N-dealkylation sites (N-methyl/N-ethyl adjacent to an activating group) is 1. The van der Waals surface area contributed by atoms with Gasteiger partial charge in [-0.1, -0.05) is 0 Å². The van der Waals surface area contributed by atoms with Gasteiger partial charge in [0.2, 0.25) is 0 Å². The Balaban J connectivity index is 4.46. The van der Waals surface area contributed by atoms with Crippen LogP contribution in [0.15, 0.2) is 0 Å². The zero-order valence-corrected chi connectivity index (χ0v) is 7.89. The van der Waals surface area contributed by atoms with Gasteiger partial charge in [-0.05, 0) is 14.0 Å². The lowest BCUT2D eigenvalue weighted by Gasteiger charge is -2.23. The molecule has 4 nitrogen and oxygen atoms in total. The molecule has 0 bridgehead atoms. The Morgan fingerprint density at radius 1 is 1.57 bits per heavy atom. The zero-order chi connectivity index (χ0) is 11.4. The molecule has 0 aromatic carbocycles. The fourth-order valence-corrected chi connectivity index (χ4v) is 0.921. The van der Waals surface area contributed by atoms with Crippen LogP contribution in [0.3, 0.4) is 0 Å². The maximum atomic E-state index is 12.2. The first-order valence-corrected chi connectivity index (χ1v) is 4.00. The van der Waals surface area contributed by atoms with Crippen molar-refractivity contribution in [1.82, 2.24) is 5.32 Å². The molecule has 0 spiro atoms. The summed E-state index contributed by atoms with van der Waals surface area (Å²) >= 11 is 0. The van der Waals surface area contributed by atoms with E-state index in [4.69, 9.17) is 5.73 Å². The molecule has 0 saturated heterocycles. The number of halogens is 3. The topological polar surface area (TPSA) is 64.3 Å². The van der Waals surface area contributed by atoms with Crippen molar-refractivity contribution in [3.05, 3.63) is 0 Å². The molecule has 0 rings (SSSR count). The van der Waals surface area contributed by atoms with Crippen LogP contribution in [0.25, 0.3) is 0 Å². The Bertz CT molecular complexity index is 196. The summed E-state index contributed by atoms with van der Waals surface area (Å²) in [6.07, 6.45) is -4.57. The van der Waals surface area contributed by atoms with E-state index in [2.05, 4.69) is 4.74 Å². The molecule has 0 saturated carbocycles. The van der Waals surface area contributed by atoms with Gasteiger partial charge in [-0.25, -0.2) is 0 Å². The molecule has 0 aliphatic rings. The molecule has 2 atom stereocenters. The minimum absolute atomic E-state index is 0.000818. The Hall–Kier alpha value is -0.820. The molecule has 7 heteroatoms. The number of alkyl halides is 3. The number of hydrogen-bond donors (Lipinski definition) is 2. The molecule has 0 aromatic rings. The van der Waals surface area contributed by atoms with Crippen molar-refractivity contribution in [2.45, 2.75) is 25.2 Å². The highest BCUT2D eigenvalue weighted by Gasteiger charge is 2.45. The van der Waals surface area contributed by atoms with Gasteiger partial charge in [0.15, 0.2) is 0 Å². The second-order valence-electron chi connectivity index (χ2n) is 2.59. The van der Waals surface area contributed by atoms with Crippen molar-refractivity contribution in [2.24, 2.45) is 5.73 Å². The van der Waals surface area contributed by atoms with Gasteiger partial charge < -0.3 is 15.8 Å². The van der Waals surface area contributed by atoms with E-state index in [1.807, 2.05) is 5.32 Å². The molecule has 14 heavy (non-hydrogen) atoms. The highest BCUT2D eigenvalue weighted by molar-refractivity contribution is 5.76. The van der Waals surface area contributed by atoms with Crippen LogP contribution in [0, 0.1) is 0 Å². The van der Waals surface area contributed by atoms with Crippen LogP contribution in [0.1, 0.15) is 6.92 Å². The third kappa shape index (κ3) is 3.51. The van der Waals surface area contributed by atoms with Gasteiger partial charge in [0, 0.05) is 0 Å². The van der Waals surface area contributed by atoms with E-state index in [0.717, 1.165) is 7.05 Å². The molecule has 0 radical (unpaired) electrons. The van der Waals surface area contributed by atoms with Crippen LogP contribution in [-0.2, 0) is 9.53 Å². The molecule has 3 N–H and O–H groups in total. The molecule has 2 unspecified atom stereocenters. The first-order valence-electron chi connectivity index (χ1n) is 4.00. The number of rotatable bonds is 4. The number of ether oxygens (including phenoxy) is 1. The fourth-order valence-electron chi connectivity index (χ4n) is 0.921. The van der Waals surface area contributed by atoms with E-state index in [0.29, 0.717) is 0 Å². The van der Waals surface area contributed by atoms with E-state index >= 15 is 0 Å². The highest BCUT2D eigenvalue weighted by atomic mass is 19.4. The van der Waals surface area contributed by atoms with Crippen LogP contribution in [-0.4, -0.2) is 37.9 Å². The molecular weight excluding hydrogens is 201 g/mol. The molecule has 0 aliphatic heterocycles. The first-order chi connectivity index (χ1) is 6.34. The van der Waals surface area contributed by atoms with Gasteiger partial charge in [0.1, 0.15) is 12.1 Å². The van der Waals surface area contributed by atoms with Crippen LogP contribution in [0.4, 0.5) is 13.2 Å². The monoisotopic (exact) mass is 214 g/mol. The first kappa shape index (κ1) is 13.2.